The molecular formula is C24H29N5O2S2. The van der Waals surface area contributed by atoms with E-state index in [0.717, 1.165) is 64.0 Å². The fourth-order valence-electron chi connectivity index (χ4n) is 5.03. The molecule has 0 radical (unpaired) electrons. The summed E-state index contributed by atoms with van der Waals surface area (Å²) in [6.45, 7) is 8.59. The first-order chi connectivity index (χ1) is 16.0. The van der Waals surface area contributed by atoms with Crippen molar-refractivity contribution in [3.8, 4) is 0 Å². The lowest BCUT2D eigenvalue weighted by Gasteiger charge is -2.35. The monoisotopic (exact) mass is 483 g/mol. The van der Waals surface area contributed by atoms with Crippen LogP contribution in [0.4, 0.5) is 5.82 Å². The number of hydrogen-bond donors (Lipinski definition) is 0. The third kappa shape index (κ3) is 4.11. The second-order valence-electron chi connectivity index (χ2n) is 8.95. The number of anilines is 1. The number of aryl methyl sites for hydroxylation is 1. The predicted octanol–water partition coefficient (Wildman–Crippen LogP) is 3.29. The van der Waals surface area contributed by atoms with Crippen molar-refractivity contribution in [2.75, 3.05) is 37.6 Å². The van der Waals surface area contributed by atoms with Crippen LogP contribution in [0.3, 0.4) is 0 Å². The number of rotatable bonds is 4. The Labute approximate surface area is 203 Å². The largest absolute Gasteiger partial charge is 0.353 e. The van der Waals surface area contributed by atoms with Crippen molar-refractivity contribution in [3.05, 3.63) is 44.7 Å². The topological polar surface area (TPSA) is 61.2 Å². The SMILES string of the molecule is CCN1CCN(c2nc3c(C)cccn3c(=O)c2/C=C2/SC(=S)N(C3CCCC3)C2=O)CC1. The van der Waals surface area contributed by atoms with Crippen LogP contribution in [0.15, 0.2) is 28.0 Å². The first-order valence-corrected chi connectivity index (χ1v) is 13.0. The number of nitrogens with zero attached hydrogens (tertiary/aromatic N) is 5. The number of piperazine rings is 1. The van der Waals surface area contributed by atoms with E-state index < -0.39 is 0 Å². The van der Waals surface area contributed by atoms with E-state index in [9.17, 15) is 9.59 Å². The molecule has 1 amide bonds. The molecule has 33 heavy (non-hydrogen) atoms. The highest BCUT2D eigenvalue weighted by atomic mass is 32.2. The number of fused-ring (bicyclic) bond motifs is 1. The summed E-state index contributed by atoms with van der Waals surface area (Å²) >= 11 is 6.88. The molecule has 2 aliphatic heterocycles. The highest BCUT2D eigenvalue weighted by molar-refractivity contribution is 8.26. The van der Waals surface area contributed by atoms with Gasteiger partial charge in [-0.1, -0.05) is 49.8 Å². The lowest BCUT2D eigenvalue weighted by molar-refractivity contribution is -0.123. The fourth-order valence-corrected chi connectivity index (χ4v) is 6.41. The van der Waals surface area contributed by atoms with E-state index >= 15 is 0 Å². The zero-order chi connectivity index (χ0) is 23.1. The van der Waals surface area contributed by atoms with Crippen molar-refractivity contribution in [2.45, 2.75) is 45.6 Å². The molecule has 3 aliphatic rings. The van der Waals surface area contributed by atoms with Crippen LogP contribution in [0, 0.1) is 6.92 Å². The lowest BCUT2D eigenvalue weighted by Crippen LogP contribution is -2.47. The number of amides is 1. The van der Waals surface area contributed by atoms with Crippen LogP contribution >= 0.6 is 24.0 Å². The molecule has 0 aromatic carbocycles. The van der Waals surface area contributed by atoms with E-state index in [1.165, 1.54) is 11.8 Å². The van der Waals surface area contributed by atoms with Gasteiger partial charge in [-0.3, -0.25) is 18.9 Å². The van der Waals surface area contributed by atoms with Gasteiger partial charge in [0.1, 0.15) is 15.8 Å². The van der Waals surface area contributed by atoms with E-state index in [1.54, 1.807) is 21.6 Å². The van der Waals surface area contributed by atoms with Gasteiger partial charge in [0.15, 0.2) is 0 Å². The predicted molar refractivity (Wildman–Crippen MR) is 138 cm³/mol. The second-order valence-corrected chi connectivity index (χ2v) is 10.6. The molecule has 5 rings (SSSR count). The number of hydrogen-bond acceptors (Lipinski definition) is 7. The number of carbonyl (C=O) groups excluding carboxylic acids is 1. The maximum atomic E-state index is 13.7. The van der Waals surface area contributed by atoms with Gasteiger partial charge in [-0.05, 0) is 44.0 Å². The summed E-state index contributed by atoms with van der Waals surface area (Å²) in [4.78, 5) is 38.8. The Kier molecular flexibility index (Phi) is 6.28. The first-order valence-electron chi connectivity index (χ1n) is 11.7. The Balaban J connectivity index is 1.59. The number of likely N-dealkylation sites (N-methyl/N-ethyl adjacent to an activating group) is 1. The van der Waals surface area contributed by atoms with Crippen molar-refractivity contribution < 1.29 is 4.79 Å². The second kappa shape index (κ2) is 9.19. The van der Waals surface area contributed by atoms with Crippen LogP contribution in [0.25, 0.3) is 11.7 Å². The van der Waals surface area contributed by atoms with Gasteiger partial charge in [-0.2, -0.15) is 0 Å². The summed E-state index contributed by atoms with van der Waals surface area (Å²) in [7, 11) is 0. The summed E-state index contributed by atoms with van der Waals surface area (Å²) in [6.07, 6.45) is 7.73. The van der Waals surface area contributed by atoms with Crippen molar-refractivity contribution in [1.29, 1.82) is 0 Å². The Bertz CT molecular complexity index is 1190. The molecule has 0 unspecified atom stereocenters. The van der Waals surface area contributed by atoms with Crippen molar-refractivity contribution in [2.24, 2.45) is 0 Å². The minimum atomic E-state index is -0.150. The third-order valence-electron chi connectivity index (χ3n) is 6.97. The molecule has 7 nitrogen and oxygen atoms in total. The van der Waals surface area contributed by atoms with Crippen LogP contribution in [-0.2, 0) is 4.79 Å². The number of thioether (sulfide) groups is 1. The fraction of sp³-hybridized carbons (Fsp3) is 0.500. The average Bonchev–Trinajstić information content (AvgIpc) is 3.43. The summed E-state index contributed by atoms with van der Waals surface area (Å²) in [5, 5.41) is 0. The maximum Gasteiger partial charge on any atom is 0.267 e. The van der Waals surface area contributed by atoms with Crippen LogP contribution in [0.5, 0.6) is 0 Å². The van der Waals surface area contributed by atoms with Crippen molar-refractivity contribution in [3.63, 3.8) is 0 Å². The van der Waals surface area contributed by atoms with E-state index in [-0.39, 0.29) is 17.5 Å². The first kappa shape index (κ1) is 22.6. The molecule has 4 heterocycles. The molecule has 1 aliphatic carbocycles. The van der Waals surface area contributed by atoms with Gasteiger partial charge >= 0.3 is 0 Å². The summed E-state index contributed by atoms with van der Waals surface area (Å²) in [5.41, 5.74) is 1.92. The maximum absolute atomic E-state index is 13.7. The van der Waals surface area contributed by atoms with Gasteiger partial charge in [0.25, 0.3) is 11.5 Å². The van der Waals surface area contributed by atoms with Crippen LogP contribution < -0.4 is 10.5 Å². The molecule has 3 fully saturated rings. The van der Waals surface area contributed by atoms with Crippen LogP contribution in [-0.4, -0.2) is 68.2 Å². The van der Waals surface area contributed by atoms with Crippen LogP contribution in [0.1, 0.15) is 43.7 Å². The van der Waals surface area contributed by atoms with E-state index in [4.69, 9.17) is 17.2 Å². The van der Waals surface area contributed by atoms with E-state index in [1.807, 2.05) is 19.1 Å². The zero-order valence-electron chi connectivity index (χ0n) is 19.1. The van der Waals surface area contributed by atoms with Gasteiger partial charge in [-0.15, -0.1) is 0 Å². The summed E-state index contributed by atoms with van der Waals surface area (Å²) in [6, 6.07) is 4.00. The summed E-state index contributed by atoms with van der Waals surface area (Å²) in [5.74, 6) is 0.587. The smallest absolute Gasteiger partial charge is 0.267 e. The number of aromatic nitrogens is 2. The van der Waals surface area contributed by atoms with Crippen molar-refractivity contribution in [1.82, 2.24) is 19.2 Å². The van der Waals surface area contributed by atoms with Gasteiger partial charge in [0.05, 0.1) is 10.5 Å². The minimum Gasteiger partial charge on any atom is -0.353 e. The third-order valence-corrected chi connectivity index (χ3v) is 8.30. The average molecular weight is 484 g/mol. The molecule has 0 bridgehead atoms. The number of thiocarbonyl (C=S) groups is 1. The lowest BCUT2D eigenvalue weighted by atomic mass is 10.2. The molecule has 174 valence electrons. The molecule has 9 heteroatoms. The minimum absolute atomic E-state index is 0.0765. The quantitative estimate of drug-likeness (QED) is 0.489. The molecular weight excluding hydrogens is 454 g/mol. The Morgan fingerprint density at radius 1 is 1.18 bits per heavy atom. The van der Waals surface area contributed by atoms with Gasteiger partial charge < -0.3 is 9.80 Å². The Morgan fingerprint density at radius 3 is 2.61 bits per heavy atom. The van der Waals surface area contributed by atoms with E-state index in [2.05, 4.69) is 16.7 Å². The van der Waals surface area contributed by atoms with Gasteiger partial charge in [-0.25, -0.2) is 4.98 Å². The standard InChI is InChI=1S/C24H29N5O2S2/c1-3-26-11-13-27(14-12-26)21-18(22(30)28-10-6-7-16(2)20(28)25-21)15-19-23(31)29(24(32)33-19)17-8-4-5-9-17/h6-7,10,15,17H,3-5,8-9,11-14H2,1-2H3/b19-15+. The number of pyridine rings is 1. The molecule has 1 saturated carbocycles. The molecule has 0 atom stereocenters. The van der Waals surface area contributed by atoms with Crippen molar-refractivity contribution >= 4 is 51.7 Å². The molecule has 2 saturated heterocycles. The van der Waals surface area contributed by atoms with E-state index in [0.29, 0.717) is 26.3 Å². The normalized spacial score (nSPS) is 21.8. The van der Waals surface area contributed by atoms with Gasteiger partial charge in [0, 0.05) is 38.4 Å². The highest BCUT2D eigenvalue weighted by Crippen LogP contribution is 2.38. The van der Waals surface area contributed by atoms with Crippen LogP contribution in [0.2, 0.25) is 0 Å². The number of carbonyl (C=O) groups is 1. The molecule has 2 aromatic rings. The molecule has 2 aromatic heterocycles. The Hall–Kier alpha value is -2.23. The Morgan fingerprint density at radius 2 is 1.91 bits per heavy atom. The summed E-state index contributed by atoms with van der Waals surface area (Å²) < 4.78 is 2.19. The highest BCUT2D eigenvalue weighted by Gasteiger charge is 2.38. The molecule has 0 N–H and O–H groups in total. The molecule has 0 spiro atoms. The zero-order valence-corrected chi connectivity index (χ0v) is 20.8. The van der Waals surface area contributed by atoms with Gasteiger partial charge in [0.2, 0.25) is 0 Å².